The molecule has 1 aromatic carbocycles. The average molecular weight is 420 g/mol. The third-order valence-electron chi connectivity index (χ3n) is 3.32. The van der Waals surface area contributed by atoms with Crippen molar-refractivity contribution in [3.8, 4) is 5.75 Å². The fourth-order valence-electron chi connectivity index (χ4n) is 2.00. The van der Waals surface area contributed by atoms with E-state index in [9.17, 15) is 22.7 Å². The summed E-state index contributed by atoms with van der Waals surface area (Å²) in [6, 6.07) is 5.39. The summed E-state index contributed by atoms with van der Waals surface area (Å²) in [6.07, 6.45) is -5.36. The number of aliphatic imine (C=N–C) groups is 1. The molecule has 0 radical (unpaired) electrons. The zero-order chi connectivity index (χ0) is 20.6. The van der Waals surface area contributed by atoms with Crippen LogP contribution in [0.15, 0.2) is 34.6 Å². The van der Waals surface area contributed by atoms with E-state index >= 15 is 0 Å². The molecule has 2 aromatic rings. The van der Waals surface area contributed by atoms with E-state index in [0.29, 0.717) is 18.3 Å². The zero-order valence-electron chi connectivity index (χ0n) is 15.0. The Kier molecular flexibility index (Phi) is 8.00. The maximum atomic E-state index is 12.8. The van der Waals surface area contributed by atoms with E-state index in [1.807, 2.05) is 6.92 Å². The third-order valence-corrected chi connectivity index (χ3v) is 4.15. The Morgan fingerprint density at radius 3 is 2.61 bits per heavy atom. The molecule has 0 fully saturated rings. The van der Waals surface area contributed by atoms with Crippen LogP contribution in [0.2, 0.25) is 0 Å². The van der Waals surface area contributed by atoms with Crippen LogP contribution in [0.5, 0.6) is 5.75 Å². The van der Waals surface area contributed by atoms with Crippen molar-refractivity contribution in [2.45, 2.75) is 25.7 Å². The first-order valence-electron chi connectivity index (χ1n) is 8.38. The van der Waals surface area contributed by atoms with Gasteiger partial charge in [-0.25, -0.2) is 14.4 Å². The lowest BCUT2D eigenvalue weighted by Crippen LogP contribution is -2.42. The first-order chi connectivity index (χ1) is 13.3. The van der Waals surface area contributed by atoms with Gasteiger partial charge in [-0.15, -0.1) is 11.3 Å². The number of aliphatic hydroxyl groups excluding tert-OH is 1. The van der Waals surface area contributed by atoms with Crippen LogP contribution in [0.4, 0.5) is 17.6 Å². The van der Waals surface area contributed by atoms with Crippen LogP contribution in [0.3, 0.4) is 0 Å². The van der Waals surface area contributed by atoms with Gasteiger partial charge in [0, 0.05) is 18.5 Å². The summed E-state index contributed by atoms with van der Waals surface area (Å²) in [5.74, 6) is 0.362. The van der Waals surface area contributed by atoms with Gasteiger partial charge in [-0.05, 0) is 31.2 Å². The number of hydrogen-bond donors (Lipinski definition) is 3. The van der Waals surface area contributed by atoms with Gasteiger partial charge in [0.2, 0.25) is 0 Å². The van der Waals surface area contributed by atoms with Crippen molar-refractivity contribution >= 4 is 17.3 Å². The van der Waals surface area contributed by atoms with E-state index in [-0.39, 0.29) is 30.5 Å². The molecule has 0 saturated heterocycles. The van der Waals surface area contributed by atoms with E-state index in [1.54, 1.807) is 0 Å². The van der Waals surface area contributed by atoms with Crippen LogP contribution in [-0.4, -0.2) is 41.9 Å². The molecule has 1 atom stereocenters. The molecule has 6 nitrogen and oxygen atoms in total. The van der Waals surface area contributed by atoms with Crippen molar-refractivity contribution in [3.05, 3.63) is 46.2 Å². The zero-order valence-corrected chi connectivity index (χ0v) is 15.8. The van der Waals surface area contributed by atoms with E-state index in [0.717, 1.165) is 16.7 Å². The lowest BCUT2D eigenvalue weighted by Gasteiger charge is -2.15. The van der Waals surface area contributed by atoms with Crippen LogP contribution in [0, 0.1) is 5.82 Å². The number of alkyl halides is 3. The van der Waals surface area contributed by atoms with Gasteiger partial charge in [0.05, 0.1) is 6.54 Å². The highest BCUT2D eigenvalue weighted by molar-refractivity contribution is 7.09. The Morgan fingerprint density at radius 1 is 1.29 bits per heavy atom. The van der Waals surface area contributed by atoms with Crippen LogP contribution >= 0.6 is 11.3 Å². The number of benzene rings is 1. The number of ether oxygens (including phenoxy) is 1. The minimum absolute atomic E-state index is 0.0283. The molecule has 0 bridgehead atoms. The molecule has 154 valence electrons. The highest BCUT2D eigenvalue weighted by Gasteiger charge is 2.33. The summed E-state index contributed by atoms with van der Waals surface area (Å²) in [5.41, 5.74) is -0.936. The van der Waals surface area contributed by atoms with Crippen LogP contribution in [0.25, 0.3) is 0 Å². The van der Waals surface area contributed by atoms with E-state index < -0.39 is 18.0 Å². The number of aliphatic hydroxyl groups is 1. The first-order valence-corrected chi connectivity index (χ1v) is 9.26. The number of guanidine groups is 1. The Morgan fingerprint density at radius 2 is 2.00 bits per heavy atom. The molecule has 3 N–H and O–H groups in total. The summed E-state index contributed by atoms with van der Waals surface area (Å²) in [5, 5.41) is 17.0. The molecule has 1 unspecified atom stereocenters. The van der Waals surface area contributed by atoms with Crippen molar-refractivity contribution in [1.29, 1.82) is 0 Å². The number of hydrogen-bond acceptors (Lipinski definition) is 5. The lowest BCUT2D eigenvalue weighted by molar-refractivity contribution is -0.140. The highest BCUT2D eigenvalue weighted by atomic mass is 32.1. The molecule has 0 aliphatic heterocycles. The Balaban J connectivity index is 1.83. The molecule has 0 aliphatic carbocycles. The van der Waals surface area contributed by atoms with E-state index in [1.165, 1.54) is 24.3 Å². The average Bonchev–Trinajstić information content (AvgIpc) is 3.13. The van der Waals surface area contributed by atoms with Crippen LogP contribution in [-0.2, 0) is 12.7 Å². The predicted molar refractivity (Wildman–Crippen MR) is 97.8 cm³/mol. The maximum Gasteiger partial charge on any atom is 0.434 e. The van der Waals surface area contributed by atoms with Crippen molar-refractivity contribution in [2.24, 2.45) is 4.99 Å². The second-order valence-corrected chi connectivity index (χ2v) is 6.56. The summed E-state index contributed by atoms with van der Waals surface area (Å²) in [6.45, 7) is 2.40. The number of nitrogens with one attached hydrogen (secondary N) is 2. The second-order valence-electron chi connectivity index (χ2n) is 5.62. The van der Waals surface area contributed by atoms with E-state index in [2.05, 4.69) is 20.6 Å². The molecule has 0 aliphatic rings. The number of nitrogens with zero attached hydrogens (tertiary/aromatic N) is 2. The lowest BCUT2D eigenvalue weighted by atomic mass is 10.3. The molecule has 0 saturated carbocycles. The Hall–Kier alpha value is -2.40. The van der Waals surface area contributed by atoms with Gasteiger partial charge in [-0.1, -0.05) is 0 Å². The van der Waals surface area contributed by atoms with Gasteiger partial charge >= 0.3 is 6.18 Å². The molecule has 28 heavy (non-hydrogen) atoms. The molecule has 11 heteroatoms. The van der Waals surface area contributed by atoms with Gasteiger partial charge < -0.3 is 20.5 Å². The fraction of sp³-hybridized carbons (Fsp3) is 0.412. The van der Waals surface area contributed by atoms with Crippen molar-refractivity contribution < 1.29 is 27.4 Å². The van der Waals surface area contributed by atoms with E-state index in [4.69, 9.17) is 4.74 Å². The number of thiazole rings is 1. The number of aromatic nitrogens is 1. The highest BCUT2D eigenvalue weighted by Crippen LogP contribution is 2.30. The predicted octanol–water partition coefficient (Wildman–Crippen LogP) is 2.80. The largest absolute Gasteiger partial charge is 0.491 e. The van der Waals surface area contributed by atoms with Crippen molar-refractivity contribution in [3.63, 3.8) is 0 Å². The molecule has 2 rings (SSSR count). The summed E-state index contributed by atoms with van der Waals surface area (Å²) >= 11 is 0.878. The van der Waals surface area contributed by atoms with Gasteiger partial charge in [-0.3, -0.25) is 0 Å². The van der Waals surface area contributed by atoms with Crippen LogP contribution in [0.1, 0.15) is 17.6 Å². The molecule has 0 spiro atoms. The summed E-state index contributed by atoms with van der Waals surface area (Å²) in [7, 11) is 0. The number of rotatable bonds is 8. The van der Waals surface area contributed by atoms with Crippen LogP contribution < -0.4 is 15.4 Å². The Labute approximate surface area is 163 Å². The minimum Gasteiger partial charge on any atom is -0.491 e. The monoisotopic (exact) mass is 420 g/mol. The normalized spacial score (nSPS) is 13.3. The third kappa shape index (κ3) is 7.31. The fourth-order valence-corrected chi connectivity index (χ4v) is 2.72. The molecule has 0 amide bonds. The topological polar surface area (TPSA) is 78.8 Å². The Bertz CT molecular complexity index is 765. The van der Waals surface area contributed by atoms with Gasteiger partial charge in [0.25, 0.3) is 0 Å². The standard InChI is InChI=1S/C17H20F4N4O2S/c1-2-22-16(24-8-15-25-14(10-28-15)17(19,20)21)23-7-12(26)9-27-13-5-3-11(18)4-6-13/h3-6,10,12,26H,2,7-9H2,1H3,(H2,22,23,24). The molecule has 1 heterocycles. The molecular weight excluding hydrogens is 400 g/mol. The quantitative estimate of drug-likeness (QED) is 0.348. The van der Waals surface area contributed by atoms with Crippen molar-refractivity contribution in [1.82, 2.24) is 15.6 Å². The summed E-state index contributed by atoms with van der Waals surface area (Å²) in [4.78, 5) is 7.67. The van der Waals surface area contributed by atoms with Gasteiger partial charge in [-0.2, -0.15) is 13.2 Å². The second kappa shape index (κ2) is 10.2. The van der Waals surface area contributed by atoms with Crippen molar-refractivity contribution in [2.75, 3.05) is 19.7 Å². The number of halogens is 4. The minimum atomic E-state index is -4.48. The van der Waals surface area contributed by atoms with Gasteiger partial charge in [0.1, 0.15) is 29.3 Å². The van der Waals surface area contributed by atoms with Gasteiger partial charge in [0.15, 0.2) is 11.7 Å². The molecule has 1 aromatic heterocycles. The SMILES string of the molecule is CCNC(=NCc1nc(C(F)(F)F)cs1)NCC(O)COc1ccc(F)cc1. The maximum absolute atomic E-state index is 12.8. The summed E-state index contributed by atoms with van der Waals surface area (Å²) < 4.78 is 55.9. The molecular formula is C17H20F4N4O2S. The first kappa shape index (κ1) is 21.9. The smallest absolute Gasteiger partial charge is 0.434 e.